The second kappa shape index (κ2) is 8.10. The summed E-state index contributed by atoms with van der Waals surface area (Å²) in [6, 6.07) is 8.38. The van der Waals surface area contributed by atoms with E-state index < -0.39 is 22.0 Å². The normalized spacial score (nSPS) is 20.8. The van der Waals surface area contributed by atoms with Crippen LogP contribution in [-0.2, 0) is 19.6 Å². The third kappa shape index (κ3) is 5.81. The molecule has 2 N–H and O–H groups in total. The Labute approximate surface area is 140 Å². The smallest absolute Gasteiger partial charge is 0.235 e. The molecule has 1 aliphatic rings. The highest BCUT2D eigenvalue weighted by Gasteiger charge is 2.29. The summed E-state index contributed by atoms with van der Waals surface area (Å²) in [6.07, 6.45) is 1.16. The summed E-state index contributed by atoms with van der Waals surface area (Å²) in [4.78, 5) is 11.9. The zero-order valence-electron chi connectivity index (χ0n) is 13.2. The predicted molar refractivity (Wildman–Crippen MR) is 85.8 cm³/mol. The highest BCUT2D eigenvalue weighted by molar-refractivity contribution is 7.88. The number of nitrogens with one attached hydrogen (secondary N) is 2. The highest BCUT2D eigenvalue weighted by atomic mass is 32.2. The maximum Gasteiger partial charge on any atom is 0.235 e. The van der Waals surface area contributed by atoms with E-state index >= 15 is 0 Å². The minimum Gasteiger partial charge on any atom is -0.486 e. The van der Waals surface area contributed by atoms with E-state index in [9.17, 15) is 13.2 Å². The van der Waals surface area contributed by atoms with Crippen LogP contribution in [0.15, 0.2) is 24.3 Å². The second-order valence-corrected chi connectivity index (χ2v) is 7.26. The number of carbonyl (C=O) groups is 1. The van der Waals surface area contributed by atoms with Crippen molar-refractivity contribution in [2.45, 2.75) is 18.6 Å². The van der Waals surface area contributed by atoms with Gasteiger partial charge in [0.2, 0.25) is 15.9 Å². The third-order valence-corrected chi connectivity index (χ3v) is 4.08. The van der Waals surface area contributed by atoms with Crippen molar-refractivity contribution in [3.63, 3.8) is 0 Å². The van der Waals surface area contributed by atoms with Gasteiger partial charge in [-0.15, -0.1) is 0 Å². The molecule has 0 aliphatic carbocycles. The highest BCUT2D eigenvalue weighted by Crippen LogP contribution is 2.18. The maximum atomic E-state index is 11.9. The van der Waals surface area contributed by atoms with Crippen LogP contribution in [0.5, 0.6) is 5.75 Å². The Hall–Kier alpha value is -2.15. The van der Waals surface area contributed by atoms with E-state index in [0.29, 0.717) is 30.9 Å². The molecule has 2 atom stereocenters. The molecule has 1 heterocycles. The molecule has 0 radical (unpaired) electrons. The van der Waals surface area contributed by atoms with Crippen LogP contribution in [-0.4, -0.2) is 52.5 Å². The van der Waals surface area contributed by atoms with Gasteiger partial charge in [-0.1, -0.05) is 0 Å². The van der Waals surface area contributed by atoms with Gasteiger partial charge >= 0.3 is 0 Å². The number of rotatable bonds is 6. The number of ether oxygens (including phenoxy) is 2. The fraction of sp³-hybridized carbons (Fsp3) is 0.467. The molecule has 9 heteroatoms. The van der Waals surface area contributed by atoms with Gasteiger partial charge in [0.1, 0.15) is 11.9 Å². The van der Waals surface area contributed by atoms with E-state index in [1.165, 1.54) is 0 Å². The number of carbonyl (C=O) groups excluding carboxylic acids is 1. The topological polar surface area (TPSA) is 118 Å². The van der Waals surface area contributed by atoms with Gasteiger partial charge in [0.25, 0.3) is 0 Å². The molecule has 130 valence electrons. The molecule has 0 saturated carbocycles. The summed E-state index contributed by atoms with van der Waals surface area (Å²) in [6.45, 7) is 0.474. The van der Waals surface area contributed by atoms with Crippen LogP contribution < -0.4 is 14.8 Å². The Kier molecular flexibility index (Phi) is 6.14. The molecular weight excluding hydrogens is 334 g/mol. The van der Waals surface area contributed by atoms with Crippen molar-refractivity contribution in [1.29, 1.82) is 5.26 Å². The molecule has 0 bridgehead atoms. The standard InChI is InChI=1S/C15H19N3O5S/c1-24(20,21)17-9-15(19)18-13-6-7-22-10-14(13)23-12-4-2-11(8-16)3-5-12/h2-5,13-14,17H,6-7,9-10H2,1H3,(H,18,19)/t13-,14-/m1/s1. The molecule has 24 heavy (non-hydrogen) atoms. The largest absolute Gasteiger partial charge is 0.486 e. The molecular formula is C15H19N3O5S. The number of nitriles is 1. The Bertz CT molecular complexity index is 712. The van der Waals surface area contributed by atoms with E-state index in [1.807, 2.05) is 6.07 Å². The number of sulfonamides is 1. The van der Waals surface area contributed by atoms with Crippen molar-refractivity contribution in [3.8, 4) is 11.8 Å². The average molecular weight is 353 g/mol. The lowest BCUT2D eigenvalue weighted by molar-refractivity contribution is -0.122. The lowest BCUT2D eigenvalue weighted by atomic mass is 10.1. The van der Waals surface area contributed by atoms with E-state index in [1.54, 1.807) is 24.3 Å². The van der Waals surface area contributed by atoms with Crippen LogP contribution in [0.25, 0.3) is 0 Å². The molecule has 1 fully saturated rings. The Balaban J connectivity index is 1.94. The molecule has 1 aromatic carbocycles. The molecule has 2 rings (SSSR count). The first-order valence-electron chi connectivity index (χ1n) is 7.36. The fourth-order valence-corrected chi connectivity index (χ4v) is 2.62. The number of amides is 1. The van der Waals surface area contributed by atoms with Crippen LogP contribution in [0.2, 0.25) is 0 Å². The zero-order chi connectivity index (χ0) is 17.6. The summed E-state index contributed by atoms with van der Waals surface area (Å²) in [7, 11) is -3.42. The van der Waals surface area contributed by atoms with Crippen LogP contribution in [0.3, 0.4) is 0 Å². The van der Waals surface area contributed by atoms with Crippen LogP contribution in [0, 0.1) is 11.3 Å². The fourth-order valence-electron chi connectivity index (χ4n) is 2.23. The first-order valence-corrected chi connectivity index (χ1v) is 9.25. The van der Waals surface area contributed by atoms with Gasteiger partial charge in [0.15, 0.2) is 0 Å². The molecule has 1 aliphatic heterocycles. The van der Waals surface area contributed by atoms with E-state index in [4.69, 9.17) is 14.7 Å². The van der Waals surface area contributed by atoms with Crippen molar-refractivity contribution in [1.82, 2.24) is 10.0 Å². The molecule has 1 saturated heterocycles. The summed E-state index contributed by atoms with van der Waals surface area (Å²) >= 11 is 0. The van der Waals surface area contributed by atoms with E-state index in [2.05, 4.69) is 10.0 Å². The van der Waals surface area contributed by atoms with Crippen LogP contribution in [0.4, 0.5) is 0 Å². The summed E-state index contributed by atoms with van der Waals surface area (Å²) in [5, 5.41) is 11.6. The molecule has 0 unspecified atom stereocenters. The Morgan fingerprint density at radius 3 is 2.75 bits per heavy atom. The average Bonchev–Trinajstić information content (AvgIpc) is 2.55. The van der Waals surface area contributed by atoms with Crippen molar-refractivity contribution in [2.75, 3.05) is 26.0 Å². The summed E-state index contributed by atoms with van der Waals surface area (Å²) < 4.78 is 35.4. The van der Waals surface area contributed by atoms with Crippen LogP contribution >= 0.6 is 0 Å². The van der Waals surface area contributed by atoms with Gasteiger partial charge in [0, 0.05) is 6.61 Å². The lowest BCUT2D eigenvalue weighted by Gasteiger charge is -2.32. The van der Waals surface area contributed by atoms with Gasteiger partial charge in [-0.25, -0.2) is 13.1 Å². The minimum atomic E-state index is -3.42. The maximum absolute atomic E-state index is 11.9. The minimum absolute atomic E-state index is 0.289. The SMILES string of the molecule is CS(=O)(=O)NCC(=O)N[C@@H]1CCOC[C@H]1Oc1ccc(C#N)cc1. The molecule has 1 aromatic rings. The first kappa shape index (κ1) is 18.2. The van der Waals surface area contributed by atoms with E-state index in [0.717, 1.165) is 6.26 Å². The van der Waals surface area contributed by atoms with Crippen LogP contribution in [0.1, 0.15) is 12.0 Å². The third-order valence-electron chi connectivity index (χ3n) is 3.42. The van der Waals surface area contributed by atoms with Crippen molar-refractivity contribution >= 4 is 15.9 Å². The van der Waals surface area contributed by atoms with Gasteiger partial charge in [-0.3, -0.25) is 4.79 Å². The number of benzene rings is 1. The van der Waals surface area contributed by atoms with E-state index in [-0.39, 0.29) is 12.6 Å². The Morgan fingerprint density at radius 2 is 2.12 bits per heavy atom. The second-order valence-electron chi connectivity index (χ2n) is 5.42. The Morgan fingerprint density at radius 1 is 1.42 bits per heavy atom. The number of hydrogen-bond donors (Lipinski definition) is 2. The van der Waals surface area contributed by atoms with Gasteiger partial charge in [-0.2, -0.15) is 5.26 Å². The number of nitrogens with zero attached hydrogens (tertiary/aromatic N) is 1. The van der Waals surface area contributed by atoms with Crippen molar-refractivity contribution in [2.24, 2.45) is 0 Å². The molecule has 0 aromatic heterocycles. The summed E-state index contributed by atoms with van der Waals surface area (Å²) in [5.74, 6) is 0.138. The predicted octanol–water partition coefficient (Wildman–Crippen LogP) is -0.240. The number of hydrogen-bond acceptors (Lipinski definition) is 6. The quantitative estimate of drug-likeness (QED) is 0.729. The van der Waals surface area contributed by atoms with Gasteiger partial charge in [0.05, 0.1) is 37.1 Å². The van der Waals surface area contributed by atoms with Gasteiger partial charge in [-0.05, 0) is 30.7 Å². The molecule has 0 spiro atoms. The molecule has 8 nitrogen and oxygen atoms in total. The first-order chi connectivity index (χ1) is 11.4. The van der Waals surface area contributed by atoms with Gasteiger partial charge < -0.3 is 14.8 Å². The van der Waals surface area contributed by atoms with Crippen molar-refractivity contribution < 1.29 is 22.7 Å². The summed E-state index contributed by atoms with van der Waals surface area (Å²) in [5.41, 5.74) is 0.527. The van der Waals surface area contributed by atoms with Crippen molar-refractivity contribution in [3.05, 3.63) is 29.8 Å². The monoisotopic (exact) mass is 353 g/mol. The lowest BCUT2D eigenvalue weighted by Crippen LogP contribution is -2.53. The molecule has 1 amide bonds. The zero-order valence-corrected chi connectivity index (χ0v) is 14.0.